The first kappa shape index (κ1) is 23.0. The fraction of sp³-hybridized carbons (Fsp3) is 0.476. The quantitative estimate of drug-likeness (QED) is 0.320. The Kier molecular flexibility index (Phi) is 10.1. The van der Waals surface area contributed by atoms with Crippen LogP contribution in [0.5, 0.6) is 5.75 Å². The van der Waals surface area contributed by atoms with Gasteiger partial charge in [-0.05, 0) is 67.4 Å². The van der Waals surface area contributed by atoms with Gasteiger partial charge in [0.15, 0.2) is 5.96 Å². The Morgan fingerprint density at radius 1 is 1.25 bits per heavy atom. The van der Waals surface area contributed by atoms with Crippen molar-refractivity contribution in [1.82, 2.24) is 10.2 Å². The third kappa shape index (κ3) is 7.60. The topological polar surface area (TPSA) is 62.9 Å². The van der Waals surface area contributed by atoms with Crippen molar-refractivity contribution in [1.29, 1.82) is 0 Å². The van der Waals surface area contributed by atoms with E-state index in [1.54, 1.807) is 18.4 Å². The summed E-state index contributed by atoms with van der Waals surface area (Å²) in [7, 11) is 1.70. The molecule has 2 aromatic rings. The molecular formula is C21H31IN4OS. The second kappa shape index (κ2) is 12.3. The molecule has 1 aromatic heterocycles. The molecule has 0 bridgehead atoms. The summed E-state index contributed by atoms with van der Waals surface area (Å²) in [6.07, 6.45) is 3.36. The highest BCUT2D eigenvalue weighted by Gasteiger charge is 2.19. The van der Waals surface area contributed by atoms with Crippen molar-refractivity contribution in [3.63, 3.8) is 0 Å². The molecule has 0 spiro atoms. The summed E-state index contributed by atoms with van der Waals surface area (Å²) in [5.74, 6) is 2.12. The summed E-state index contributed by atoms with van der Waals surface area (Å²) in [6.45, 7) is 4.92. The lowest BCUT2D eigenvalue weighted by atomic mass is 9.96. The Hall–Kier alpha value is -1.32. The number of nitrogens with zero attached hydrogens (tertiary/aromatic N) is 2. The third-order valence-corrected chi connectivity index (χ3v) is 5.99. The van der Waals surface area contributed by atoms with E-state index >= 15 is 0 Å². The molecule has 2 heterocycles. The zero-order valence-corrected chi connectivity index (χ0v) is 19.6. The van der Waals surface area contributed by atoms with Gasteiger partial charge in [-0.25, -0.2) is 0 Å². The normalized spacial score (nSPS) is 15.8. The van der Waals surface area contributed by atoms with E-state index in [4.69, 9.17) is 10.5 Å². The van der Waals surface area contributed by atoms with Gasteiger partial charge in [0.25, 0.3) is 0 Å². The number of thiophene rings is 1. The lowest BCUT2D eigenvalue weighted by Gasteiger charge is -2.31. The van der Waals surface area contributed by atoms with Gasteiger partial charge >= 0.3 is 0 Å². The molecule has 7 heteroatoms. The van der Waals surface area contributed by atoms with Crippen molar-refractivity contribution in [3.8, 4) is 5.75 Å². The number of methoxy groups -OCH3 is 1. The number of guanidine groups is 1. The van der Waals surface area contributed by atoms with Crippen LogP contribution in [-0.4, -0.2) is 44.1 Å². The Morgan fingerprint density at radius 3 is 2.64 bits per heavy atom. The first-order valence-corrected chi connectivity index (χ1v) is 10.5. The Balaban J connectivity index is 0.00000280. The van der Waals surface area contributed by atoms with Crippen LogP contribution in [0.3, 0.4) is 0 Å². The van der Waals surface area contributed by atoms with Crippen molar-refractivity contribution in [2.75, 3.05) is 33.3 Å². The molecule has 1 saturated heterocycles. The van der Waals surface area contributed by atoms with Gasteiger partial charge in [0, 0.05) is 24.5 Å². The van der Waals surface area contributed by atoms with E-state index in [2.05, 4.69) is 44.9 Å². The van der Waals surface area contributed by atoms with Crippen LogP contribution >= 0.6 is 35.3 Å². The van der Waals surface area contributed by atoms with Crippen molar-refractivity contribution in [2.45, 2.75) is 25.8 Å². The number of rotatable bonds is 8. The lowest BCUT2D eigenvalue weighted by Crippen LogP contribution is -2.36. The van der Waals surface area contributed by atoms with E-state index < -0.39 is 0 Å². The monoisotopic (exact) mass is 514 g/mol. The van der Waals surface area contributed by atoms with Gasteiger partial charge in [-0.3, -0.25) is 9.89 Å². The number of benzene rings is 1. The van der Waals surface area contributed by atoms with Gasteiger partial charge < -0.3 is 15.8 Å². The maximum Gasteiger partial charge on any atom is 0.188 e. The Morgan fingerprint density at radius 2 is 2.00 bits per heavy atom. The largest absolute Gasteiger partial charge is 0.497 e. The smallest absolute Gasteiger partial charge is 0.188 e. The zero-order chi connectivity index (χ0) is 18.9. The summed E-state index contributed by atoms with van der Waals surface area (Å²) >= 11 is 1.78. The van der Waals surface area contributed by atoms with Crippen LogP contribution in [-0.2, 0) is 13.0 Å². The van der Waals surface area contributed by atoms with Crippen LogP contribution in [0.15, 0.2) is 46.8 Å². The number of piperidine rings is 1. The lowest BCUT2D eigenvalue weighted by molar-refractivity contribution is 0.180. The fourth-order valence-corrected chi connectivity index (χ4v) is 4.08. The van der Waals surface area contributed by atoms with E-state index in [1.165, 1.54) is 23.3 Å². The maximum atomic E-state index is 6.01. The molecule has 28 heavy (non-hydrogen) atoms. The molecule has 0 atom stereocenters. The van der Waals surface area contributed by atoms with Crippen LogP contribution in [0.25, 0.3) is 0 Å². The van der Waals surface area contributed by atoms with Crippen LogP contribution < -0.4 is 15.8 Å². The Labute approximate surface area is 189 Å². The SMILES string of the molecule is COc1ccc(CN2CCC(CN=C(N)NCCc3cccs3)CC2)cc1.I. The number of likely N-dealkylation sites (tertiary alicyclic amines) is 1. The van der Waals surface area contributed by atoms with Crippen molar-refractivity contribution in [2.24, 2.45) is 16.6 Å². The van der Waals surface area contributed by atoms with Crippen LogP contribution in [0.1, 0.15) is 23.3 Å². The molecule has 0 amide bonds. The van der Waals surface area contributed by atoms with Gasteiger partial charge in [-0.1, -0.05) is 18.2 Å². The average Bonchev–Trinajstić information content (AvgIpc) is 3.21. The number of nitrogens with two attached hydrogens (primary N) is 1. The molecule has 1 aliphatic rings. The van der Waals surface area contributed by atoms with Crippen molar-refractivity contribution in [3.05, 3.63) is 52.2 Å². The molecule has 1 aromatic carbocycles. The predicted molar refractivity (Wildman–Crippen MR) is 129 cm³/mol. The first-order chi connectivity index (χ1) is 13.2. The number of hydrogen-bond acceptors (Lipinski definition) is 4. The van der Waals surface area contributed by atoms with Gasteiger partial charge in [-0.2, -0.15) is 0 Å². The molecule has 0 radical (unpaired) electrons. The van der Waals surface area contributed by atoms with Gasteiger partial charge in [-0.15, -0.1) is 35.3 Å². The molecule has 1 fully saturated rings. The van der Waals surface area contributed by atoms with E-state index in [0.29, 0.717) is 11.9 Å². The highest BCUT2D eigenvalue weighted by Crippen LogP contribution is 2.20. The molecule has 0 unspecified atom stereocenters. The second-order valence-corrected chi connectivity index (χ2v) is 8.08. The average molecular weight is 514 g/mol. The molecule has 3 N–H and O–H groups in total. The van der Waals surface area contributed by atoms with Gasteiger partial charge in [0.05, 0.1) is 7.11 Å². The summed E-state index contributed by atoms with van der Waals surface area (Å²) in [6, 6.07) is 12.6. The summed E-state index contributed by atoms with van der Waals surface area (Å²) < 4.78 is 5.22. The number of aliphatic imine (C=N–C) groups is 1. The second-order valence-electron chi connectivity index (χ2n) is 7.05. The minimum atomic E-state index is 0. The summed E-state index contributed by atoms with van der Waals surface area (Å²) in [4.78, 5) is 8.44. The van der Waals surface area contributed by atoms with Crippen molar-refractivity contribution >= 4 is 41.3 Å². The zero-order valence-electron chi connectivity index (χ0n) is 16.5. The van der Waals surface area contributed by atoms with Crippen molar-refractivity contribution < 1.29 is 4.74 Å². The number of nitrogens with one attached hydrogen (secondary N) is 1. The molecule has 0 aliphatic carbocycles. The molecule has 3 rings (SSSR count). The van der Waals surface area contributed by atoms with Crippen LogP contribution in [0.2, 0.25) is 0 Å². The molecule has 1 aliphatic heterocycles. The fourth-order valence-electron chi connectivity index (χ4n) is 3.37. The van der Waals surface area contributed by atoms with Crippen LogP contribution in [0.4, 0.5) is 0 Å². The van der Waals surface area contributed by atoms with Gasteiger partial charge in [0.1, 0.15) is 5.75 Å². The first-order valence-electron chi connectivity index (χ1n) is 9.64. The molecule has 154 valence electrons. The van der Waals surface area contributed by atoms with E-state index in [0.717, 1.165) is 44.9 Å². The number of hydrogen-bond donors (Lipinski definition) is 2. The van der Waals surface area contributed by atoms with E-state index in [1.807, 2.05) is 12.1 Å². The van der Waals surface area contributed by atoms with Crippen LogP contribution in [0, 0.1) is 5.92 Å². The summed E-state index contributed by atoms with van der Waals surface area (Å²) in [5, 5.41) is 5.33. The van der Waals surface area contributed by atoms with E-state index in [9.17, 15) is 0 Å². The maximum absolute atomic E-state index is 6.01. The number of halogens is 1. The minimum absolute atomic E-state index is 0. The van der Waals surface area contributed by atoms with Gasteiger partial charge in [0.2, 0.25) is 0 Å². The molecule has 5 nitrogen and oxygen atoms in total. The highest BCUT2D eigenvalue weighted by atomic mass is 127. The predicted octanol–water partition coefficient (Wildman–Crippen LogP) is 3.73. The standard InChI is InChI=1S/C21H30N4OS.HI/c1-26-19-6-4-18(5-7-19)16-25-12-9-17(10-13-25)15-24-21(22)23-11-8-20-3-2-14-27-20;/h2-7,14,17H,8-13,15-16H2,1H3,(H3,22,23,24);1H. The molecule has 0 saturated carbocycles. The minimum Gasteiger partial charge on any atom is -0.497 e. The molecular weight excluding hydrogens is 483 g/mol. The number of ether oxygens (including phenoxy) is 1. The highest BCUT2D eigenvalue weighted by molar-refractivity contribution is 14.0. The third-order valence-electron chi connectivity index (χ3n) is 5.05. The Bertz CT molecular complexity index is 698. The van der Waals surface area contributed by atoms with E-state index in [-0.39, 0.29) is 24.0 Å². The summed E-state index contributed by atoms with van der Waals surface area (Å²) in [5.41, 5.74) is 7.34.